The molecule has 0 N–H and O–H groups in total. The van der Waals surface area contributed by atoms with E-state index < -0.39 is 0 Å². The lowest BCUT2D eigenvalue weighted by atomic mass is 10.2. The lowest BCUT2D eigenvalue weighted by molar-refractivity contribution is -0.480. The molecule has 118 valence electrons. The van der Waals surface area contributed by atoms with Gasteiger partial charge in [0.15, 0.2) is 0 Å². The van der Waals surface area contributed by atoms with Gasteiger partial charge in [-0.3, -0.25) is 20.2 Å². The summed E-state index contributed by atoms with van der Waals surface area (Å²) < 4.78 is 0. The van der Waals surface area contributed by atoms with Gasteiger partial charge in [-0.05, 0) is 25.7 Å². The molecule has 6 nitrogen and oxygen atoms in total. The third kappa shape index (κ3) is 17.5. The van der Waals surface area contributed by atoms with Crippen LogP contribution in [0.15, 0.2) is 0 Å². The van der Waals surface area contributed by atoms with Gasteiger partial charge in [-0.25, -0.2) is 0 Å². The smallest absolute Gasteiger partial charge is 0.203 e. The minimum atomic E-state index is -0.254. The molecule has 0 aliphatic rings. The maximum atomic E-state index is 10.1. The largest absolute Gasteiger partial charge is 0.265 e. The minimum absolute atomic E-state index is 0.0956. The van der Waals surface area contributed by atoms with Crippen LogP contribution in [-0.2, 0) is 0 Å². The molecule has 0 amide bonds. The number of rotatable bonds is 15. The van der Waals surface area contributed by atoms with Gasteiger partial charge in [0.2, 0.25) is 13.1 Å². The van der Waals surface area contributed by atoms with Crippen molar-refractivity contribution in [2.45, 2.75) is 51.4 Å². The van der Waals surface area contributed by atoms with Crippen molar-refractivity contribution in [3.8, 4) is 0 Å². The summed E-state index contributed by atoms with van der Waals surface area (Å²) >= 11 is 0. The topological polar surface area (TPSA) is 86.3 Å². The molecule has 0 radical (unpaired) electrons. The Morgan fingerprint density at radius 1 is 0.600 bits per heavy atom. The van der Waals surface area contributed by atoms with E-state index in [1.54, 1.807) is 0 Å². The van der Waals surface area contributed by atoms with Gasteiger partial charge in [0.05, 0.1) is 0 Å². The number of nitrogens with zero attached hydrogens (tertiary/aromatic N) is 2. The molecule has 20 heavy (non-hydrogen) atoms. The summed E-state index contributed by atoms with van der Waals surface area (Å²) in [5.41, 5.74) is 0. The zero-order valence-electron chi connectivity index (χ0n) is 11.8. The highest BCUT2D eigenvalue weighted by Gasteiger charge is 1.98. The molecule has 0 aromatic heterocycles. The standard InChI is InChI=1S/C12H24N2O4S2/c15-13(16)9-5-1-3-7-11-19-20-12-8-4-2-6-10-14(17)18/h1-12H2. The highest BCUT2D eigenvalue weighted by molar-refractivity contribution is 8.76. The third-order valence-corrected chi connectivity index (χ3v) is 5.30. The monoisotopic (exact) mass is 324 g/mol. The van der Waals surface area contributed by atoms with Crippen molar-refractivity contribution in [1.29, 1.82) is 0 Å². The highest BCUT2D eigenvalue weighted by Crippen LogP contribution is 2.24. The first-order chi connectivity index (χ1) is 9.63. The normalized spacial score (nSPS) is 10.6. The Kier molecular flexibility index (Phi) is 14.5. The second kappa shape index (κ2) is 14.9. The summed E-state index contributed by atoms with van der Waals surface area (Å²) in [5, 5.41) is 20.2. The quantitative estimate of drug-likeness (QED) is 0.195. The number of hydrogen-bond acceptors (Lipinski definition) is 6. The van der Waals surface area contributed by atoms with Gasteiger partial charge in [0.25, 0.3) is 0 Å². The Balaban J connectivity index is 2.99. The molecule has 0 unspecified atom stereocenters. The fraction of sp³-hybridized carbons (Fsp3) is 1.00. The van der Waals surface area contributed by atoms with E-state index in [0.29, 0.717) is 12.8 Å². The Hall–Kier alpha value is -0.500. The van der Waals surface area contributed by atoms with Gasteiger partial charge in [0, 0.05) is 34.2 Å². The predicted octanol–water partition coefficient (Wildman–Crippen LogP) is 4.04. The van der Waals surface area contributed by atoms with E-state index in [4.69, 9.17) is 0 Å². The number of unbranched alkanes of at least 4 members (excludes halogenated alkanes) is 6. The molecule has 0 spiro atoms. The molecular formula is C12H24N2O4S2. The van der Waals surface area contributed by atoms with E-state index in [1.165, 1.54) is 0 Å². The number of nitro groups is 2. The van der Waals surface area contributed by atoms with Crippen LogP contribution in [0.25, 0.3) is 0 Å². The molecule has 0 aromatic rings. The van der Waals surface area contributed by atoms with Crippen molar-refractivity contribution in [2.75, 3.05) is 24.6 Å². The van der Waals surface area contributed by atoms with Crippen molar-refractivity contribution in [3.63, 3.8) is 0 Å². The predicted molar refractivity (Wildman–Crippen MR) is 85.6 cm³/mol. The molecule has 0 fully saturated rings. The van der Waals surface area contributed by atoms with Gasteiger partial charge in [-0.1, -0.05) is 34.4 Å². The van der Waals surface area contributed by atoms with Crippen LogP contribution in [0.3, 0.4) is 0 Å². The van der Waals surface area contributed by atoms with Gasteiger partial charge < -0.3 is 0 Å². The molecule has 8 heteroatoms. The van der Waals surface area contributed by atoms with Crippen molar-refractivity contribution >= 4 is 21.6 Å². The molecule has 0 rings (SSSR count). The van der Waals surface area contributed by atoms with Gasteiger partial charge in [0.1, 0.15) is 0 Å². The first-order valence-corrected chi connectivity index (χ1v) is 9.59. The van der Waals surface area contributed by atoms with Crippen molar-refractivity contribution < 1.29 is 9.85 Å². The molecule has 0 aliphatic carbocycles. The van der Waals surface area contributed by atoms with E-state index >= 15 is 0 Å². The van der Waals surface area contributed by atoms with Crippen LogP contribution < -0.4 is 0 Å². The summed E-state index contributed by atoms with van der Waals surface area (Å²) in [6.45, 7) is 0.191. The first-order valence-electron chi connectivity index (χ1n) is 7.11. The van der Waals surface area contributed by atoms with Crippen molar-refractivity contribution in [2.24, 2.45) is 0 Å². The van der Waals surface area contributed by atoms with Crippen LogP contribution in [0.2, 0.25) is 0 Å². The Labute approximate surface area is 128 Å². The Morgan fingerprint density at radius 3 is 1.30 bits per heavy atom. The summed E-state index contributed by atoms with van der Waals surface area (Å²) in [7, 11) is 3.72. The van der Waals surface area contributed by atoms with Gasteiger partial charge in [-0.2, -0.15) is 0 Å². The zero-order valence-corrected chi connectivity index (χ0v) is 13.5. The molecule has 0 aromatic carbocycles. The zero-order chi connectivity index (χ0) is 15.1. The summed E-state index contributed by atoms with van der Waals surface area (Å²) in [6.07, 6.45) is 7.66. The fourth-order valence-electron chi connectivity index (χ4n) is 1.63. The van der Waals surface area contributed by atoms with Crippen LogP contribution in [0, 0.1) is 20.2 Å². The maximum absolute atomic E-state index is 10.1. The molecule has 0 saturated heterocycles. The van der Waals surface area contributed by atoms with Crippen molar-refractivity contribution in [3.05, 3.63) is 20.2 Å². The summed E-state index contributed by atoms with van der Waals surface area (Å²) in [5.74, 6) is 2.20. The molecule has 0 atom stereocenters. The molecule has 0 heterocycles. The average molecular weight is 324 g/mol. The van der Waals surface area contributed by atoms with Crippen LogP contribution >= 0.6 is 21.6 Å². The van der Waals surface area contributed by atoms with Gasteiger partial charge >= 0.3 is 0 Å². The van der Waals surface area contributed by atoms with E-state index in [1.807, 2.05) is 21.6 Å². The molecule has 0 aliphatic heterocycles. The van der Waals surface area contributed by atoms with Crippen LogP contribution in [-0.4, -0.2) is 34.4 Å². The van der Waals surface area contributed by atoms with E-state index in [9.17, 15) is 20.2 Å². The average Bonchev–Trinajstić information content (AvgIpc) is 2.38. The highest BCUT2D eigenvalue weighted by atomic mass is 33.1. The van der Waals surface area contributed by atoms with E-state index in [2.05, 4.69) is 0 Å². The van der Waals surface area contributed by atoms with Crippen molar-refractivity contribution in [1.82, 2.24) is 0 Å². The van der Waals surface area contributed by atoms with Gasteiger partial charge in [-0.15, -0.1) is 0 Å². The maximum Gasteiger partial charge on any atom is 0.203 e. The molecule has 0 saturated carbocycles. The lowest BCUT2D eigenvalue weighted by Gasteiger charge is -2.01. The summed E-state index contributed by atoms with van der Waals surface area (Å²) in [6, 6.07) is 0. The van der Waals surface area contributed by atoms with Crippen LogP contribution in [0.5, 0.6) is 0 Å². The Morgan fingerprint density at radius 2 is 0.950 bits per heavy atom. The molecule has 0 bridgehead atoms. The fourth-order valence-corrected chi connectivity index (χ4v) is 3.92. The third-order valence-electron chi connectivity index (χ3n) is 2.72. The van der Waals surface area contributed by atoms with Crippen LogP contribution in [0.4, 0.5) is 0 Å². The summed E-state index contributed by atoms with van der Waals surface area (Å²) in [4.78, 5) is 19.7. The van der Waals surface area contributed by atoms with Crippen LogP contribution in [0.1, 0.15) is 51.4 Å². The second-order valence-electron chi connectivity index (χ2n) is 4.59. The SMILES string of the molecule is O=[N+]([O-])CCCCCCSSCCCCCC[N+](=O)[O-]. The van der Waals surface area contributed by atoms with E-state index in [0.717, 1.165) is 50.0 Å². The number of hydrogen-bond donors (Lipinski definition) is 0. The Bertz CT molecular complexity index is 242. The molecular weight excluding hydrogens is 300 g/mol. The van der Waals surface area contributed by atoms with E-state index in [-0.39, 0.29) is 22.9 Å². The minimum Gasteiger partial charge on any atom is -0.265 e. The first kappa shape index (κ1) is 19.5. The second-order valence-corrected chi connectivity index (χ2v) is 7.29. The lowest BCUT2D eigenvalue weighted by Crippen LogP contribution is -1.99.